The minimum absolute atomic E-state index is 0.133. The van der Waals surface area contributed by atoms with Crippen molar-refractivity contribution in [2.24, 2.45) is 17.8 Å². The number of carbonyl (C=O) groups excluding carboxylic acids is 1. The molecule has 214 valence electrons. The number of nitrogens with one attached hydrogen (secondary N) is 3. The lowest BCUT2D eigenvalue weighted by molar-refractivity contribution is 0.102. The van der Waals surface area contributed by atoms with E-state index in [0.29, 0.717) is 40.6 Å². The molecule has 0 radical (unpaired) electrons. The van der Waals surface area contributed by atoms with Crippen LogP contribution in [0.25, 0.3) is 0 Å². The van der Waals surface area contributed by atoms with Crippen molar-refractivity contribution in [1.29, 1.82) is 0 Å². The van der Waals surface area contributed by atoms with Gasteiger partial charge in [0, 0.05) is 22.6 Å². The topological polar surface area (TPSA) is 87.3 Å². The van der Waals surface area contributed by atoms with Crippen molar-refractivity contribution in [3.63, 3.8) is 0 Å². The van der Waals surface area contributed by atoms with Gasteiger partial charge in [-0.15, -0.1) is 0 Å². The van der Waals surface area contributed by atoms with Crippen molar-refractivity contribution in [2.75, 3.05) is 15.4 Å². The Morgan fingerprint density at radius 1 is 0.810 bits per heavy atom. The Morgan fingerprint density at radius 2 is 1.55 bits per heavy atom. The quantitative estimate of drug-likeness (QED) is 0.220. The molecule has 2 fully saturated rings. The average molecular weight is 578 g/mol. The van der Waals surface area contributed by atoms with E-state index in [1.165, 1.54) is 42.5 Å². The first-order valence-electron chi connectivity index (χ1n) is 14.7. The SMILES string of the molecule is Cc1ccc(NS(=O)(=O)c2ccc(NC(=O)c3ccc4c(c3)[C@@H]3[C@H]5CC[C@@H](C5)[C@@H]3[C@@H](c3ccccc3)N4)cc2)cc1C. The van der Waals surface area contributed by atoms with Gasteiger partial charge >= 0.3 is 0 Å². The predicted octanol–water partition coefficient (Wildman–Crippen LogP) is 7.65. The van der Waals surface area contributed by atoms with Crippen molar-refractivity contribution in [3.05, 3.63) is 119 Å². The molecule has 0 aromatic heterocycles. The molecule has 0 unspecified atom stereocenters. The molecule has 1 heterocycles. The first-order valence-corrected chi connectivity index (χ1v) is 16.2. The van der Waals surface area contributed by atoms with E-state index in [1.807, 2.05) is 32.0 Å². The summed E-state index contributed by atoms with van der Waals surface area (Å²) in [6.45, 7) is 3.93. The number of rotatable bonds is 6. The Bertz CT molecular complexity index is 1770. The summed E-state index contributed by atoms with van der Waals surface area (Å²) in [6.07, 6.45) is 3.82. The summed E-state index contributed by atoms with van der Waals surface area (Å²) in [6, 6.07) is 28.8. The van der Waals surface area contributed by atoms with Crippen LogP contribution < -0.4 is 15.4 Å². The fraction of sp³-hybridized carbons (Fsp3) is 0.286. The second-order valence-electron chi connectivity index (χ2n) is 12.2. The van der Waals surface area contributed by atoms with Crippen LogP contribution in [-0.2, 0) is 10.0 Å². The number of hydrogen-bond donors (Lipinski definition) is 3. The molecule has 2 bridgehead atoms. The monoisotopic (exact) mass is 577 g/mol. The zero-order valence-corrected chi connectivity index (χ0v) is 24.6. The standard InChI is InChI=1S/C35H35N3O3S/c1-21-8-12-28(18-22(21)2)38-42(40,41)29-15-13-27(14-16-29)36-35(39)26-11-17-31-30(20-26)32-24-9-10-25(19-24)33(32)34(37-31)23-6-4-3-5-7-23/h3-8,11-18,20,24-25,32-34,37-38H,9-10,19H2,1-2H3,(H,36,39)/t24-,25-,32-,33-,34+/m0/s1. The van der Waals surface area contributed by atoms with E-state index in [2.05, 4.69) is 57.8 Å². The number of fused-ring (bicyclic) bond motifs is 7. The van der Waals surface area contributed by atoms with Gasteiger partial charge in [0.15, 0.2) is 0 Å². The third kappa shape index (κ3) is 4.75. The second-order valence-corrected chi connectivity index (χ2v) is 13.8. The molecule has 1 amide bonds. The maximum atomic E-state index is 13.4. The third-order valence-electron chi connectivity index (χ3n) is 9.69. The van der Waals surface area contributed by atoms with Crippen LogP contribution in [0.5, 0.6) is 0 Å². The van der Waals surface area contributed by atoms with Crippen LogP contribution in [0.3, 0.4) is 0 Å². The highest BCUT2D eigenvalue weighted by molar-refractivity contribution is 7.92. The van der Waals surface area contributed by atoms with E-state index in [9.17, 15) is 13.2 Å². The maximum absolute atomic E-state index is 13.4. The smallest absolute Gasteiger partial charge is 0.261 e. The fourth-order valence-corrected chi connectivity index (χ4v) is 8.61. The van der Waals surface area contributed by atoms with Gasteiger partial charge in [-0.2, -0.15) is 0 Å². The number of benzene rings is 4. The summed E-state index contributed by atoms with van der Waals surface area (Å²) in [5.74, 6) is 2.16. The largest absolute Gasteiger partial charge is 0.378 e. The molecule has 0 spiro atoms. The molecule has 7 heteroatoms. The summed E-state index contributed by atoms with van der Waals surface area (Å²) in [4.78, 5) is 13.5. The zero-order chi connectivity index (χ0) is 29.0. The van der Waals surface area contributed by atoms with Gasteiger partial charge in [0.25, 0.3) is 15.9 Å². The predicted molar refractivity (Wildman–Crippen MR) is 167 cm³/mol. The van der Waals surface area contributed by atoms with E-state index < -0.39 is 10.0 Å². The Morgan fingerprint density at radius 3 is 2.31 bits per heavy atom. The van der Waals surface area contributed by atoms with Crippen LogP contribution in [0.4, 0.5) is 17.1 Å². The summed E-state index contributed by atoms with van der Waals surface area (Å²) in [5, 5.41) is 6.80. The van der Waals surface area contributed by atoms with Crippen LogP contribution in [0, 0.1) is 31.6 Å². The average Bonchev–Trinajstić information content (AvgIpc) is 3.62. The van der Waals surface area contributed by atoms with Gasteiger partial charge in [-0.05, 0) is 134 Å². The molecular formula is C35H35N3O3S. The summed E-state index contributed by atoms with van der Waals surface area (Å²) in [5.41, 5.74) is 7.50. The van der Waals surface area contributed by atoms with Crippen LogP contribution in [0.2, 0.25) is 0 Å². The summed E-state index contributed by atoms with van der Waals surface area (Å²) in [7, 11) is -3.76. The highest BCUT2D eigenvalue weighted by Crippen LogP contribution is 2.63. The van der Waals surface area contributed by atoms with Crippen molar-refractivity contribution in [2.45, 2.75) is 50.0 Å². The molecule has 42 heavy (non-hydrogen) atoms. The lowest BCUT2D eigenvalue weighted by Gasteiger charge is -2.43. The van der Waals surface area contributed by atoms with E-state index in [-0.39, 0.29) is 16.8 Å². The molecule has 2 aliphatic carbocycles. The van der Waals surface area contributed by atoms with E-state index in [1.54, 1.807) is 18.2 Å². The van der Waals surface area contributed by atoms with Gasteiger partial charge in [-0.25, -0.2) is 8.42 Å². The Kier molecular flexibility index (Phi) is 6.58. The molecule has 4 aromatic rings. The van der Waals surface area contributed by atoms with Crippen LogP contribution >= 0.6 is 0 Å². The zero-order valence-electron chi connectivity index (χ0n) is 23.8. The number of carbonyl (C=O) groups is 1. The molecule has 5 atom stereocenters. The highest BCUT2D eigenvalue weighted by atomic mass is 32.2. The van der Waals surface area contributed by atoms with Gasteiger partial charge < -0.3 is 10.6 Å². The first-order chi connectivity index (χ1) is 20.3. The lowest BCUT2D eigenvalue weighted by Crippen LogP contribution is -2.35. The number of aryl methyl sites for hydroxylation is 2. The van der Waals surface area contributed by atoms with Crippen molar-refractivity contribution >= 4 is 33.0 Å². The fourth-order valence-electron chi connectivity index (χ4n) is 7.56. The summed E-state index contributed by atoms with van der Waals surface area (Å²) < 4.78 is 28.5. The molecule has 2 saturated carbocycles. The molecule has 0 saturated heterocycles. The summed E-state index contributed by atoms with van der Waals surface area (Å²) >= 11 is 0. The van der Waals surface area contributed by atoms with Gasteiger partial charge in [0.05, 0.1) is 10.9 Å². The molecule has 4 aromatic carbocycles. The highest BCUT2D eigenvalue weighted by Gasteiger charge is 2.53. The van der Waals surface area contributed by atoms with E-state index in [4.69, 9.17) is 0 Å². The molecule has 3 N–H and O–H groups in total. The van der Waals surface area contributed by atoms with Gasteiger partial charge in [-0.3, -0.25) is 9.52 Å². The number of hydrogen-bond acceptors (Lipinski definition) is 4. The molecule has 7 rings (SSSR count). The van der Waals surface area contributed by atoms with E-state index in [0.717, 1.165) is 16.8 Å². The molecular weight excluding hydrogens is 542 g/mol. The number of sulfonamides is 1. The Labute approximate surface area is 247 Å². The van der Waals surface area contributed by atoms with Crippen LogP contribution in [0.1, 0.15) is 63.8 Å². The van der Waals surface area contributed by atoms with Crippen LogP contribution in [0.15, 0.2) is 95.9 Å². The van der Waals surface area contributed by atoms with Gasteiger partial charge in [0.2, 0.25) is 0 Å². The Hall–Kier alpha value is -4.10. The first kappa shape index (κ1) is 26.8. The minimum atomic E-state index is -3.76. The molecule has 6 nitrogen and oxygen atoms in total. The van der Waals surface area contributed by atoms with E-state index >= 15 is 0 Å². The second kappa shape index (κ2) is 10.3. The van der Waals surface area contributed by atoms with Crippen molar-refractivity contribution in [1.82, 2.24) is 0 Å². The van der Waals surface area contributed by atoms with Crippen LogP contribution in [-0.4, -0.2) is 14.3 Å². The number of anilines is 3. The molecule has 1 aliphatic heterocycles. The van der Waals surface area contributed by atoms with Gasteiger partial charge in [0.1, 0.15) is 0 Å². The Balaban J connectivity index is 1.09. The van der Waals surface area contributed by atoms with Crippen molar-refractivity contribution in [3.8, 4) is 0 Å². The normalized spacial score (nSPS) is 23.9. The van der Waals surface area contributed by atoms with Crippen molar-refractivity contribution < 1.29 is 13.2 Å². The lowest BCUT2D eigenvalue weighted by atomic mass is 9.68. The minimum Gasteiger partial charge on any atom is -0.378 e. The molecule has 3 aliphatic rings. The maximum Gasteiger partial charge on any atom is 0.261 e. The number of amides is 1. The van der Waals surface area contributed by atoms with Gasteiger partial charge in [-0.1, -0.05) is 36.4 Å². The third-order valence-corrected chi connectivity index (χ3v) is 11.1.